The van der Waals surface area contributed by atoms with Gasteiger partial charge in [-0.1, -0.05) is 37.3 Å². The summed E-state index contributed by atoms with van der Waals surface area (Å²) in [5.74, 6) is -1.18. The average Bonchev–Trinajstić information content (AvgIpc) is 3.15. The SMILES string of the molecule is CC.CN(C(=O)Nc1ncc(Oc2cccc(F)c2)s1)c1cccc(C(=O)O)c1. The summed E-state index contributed by atoms with van der Waals surface area (Å²) in [7, 11) is 1.51. The number of hydrogen-bond donors (Lipinski definition) is 2. The van der Waals surface area contributed by atoms with E-state index >= 15 is 0 Å². The maximum absolute atomic E-state index is 13.2. The van der Waals surface area contributed by atoms with Crippen molar-refractivity contribution in [2.75, 3.05) is 17.3 Å². The summed E-state index contributed by atoms with van der Waals surface area (Å²) >= 11 is 1.07. The number of carbonyl (C=O) groups is 2. The van der Waals surface area contributed by atoms with Crippen molar-refractivity contribution in [1.82, 2.24) is 4.98 Å². The molecule has 3 rings (SSSR count). The number of carbonyl (C=O) groups excluding carboxylic acids is 1. The van der Waals surface area contributed by atoms with E-state index in [1.807, 2.05) is 13.8 Å². The molecule has 29 heavy (non-hydrogen) atoms. The van der Waals surface area contributed by atoms with Crippen LogP contribution >= 0.6 is 11.3 Å². The molecule has 0 aliphatic heterocycles. The highest BCUT2D eigenvalue weighted by Crippen LogP contribution is 2.30. The lowest BCUT2D eigenvalue weighted by Gasteiger charge is -2.17. The number of amides is 2. The Morgan fingerprint density at radius 2 is 1.90 bits per heavy atom. The van der Waals surface area contributed by atoms with Crippen LogP contribution in [0, 0.1) is 5.82 Å². The van der Waals surface area contributed by atoms with E-state index in [4.69, 9.17) is 9.84 Å². The second-order valence-electron chi connectivity index (χ2n) is 5.39. The molecule has 0 saturated carbocycles. The fraction of sp³-hybridized carbons (Fsp3) is 0.150. The van der Waals surface area contributed by atoms with Crippen molar-refractivity contribution in [2.45, 2.75) is 13.8 Å². The van der Waals surface area contributed by atoms with Crippen LogP contribution in [-0.2, 0) is 0 Å². The van der Waals surface area contributed by atoms with Gasteiger partial charge in [-0.3, -0.25) is 10.2 Å². The number of carboxylic acids is 1. The number of halogens is 1. The van der Waals surface area contributed by atoms with Crippen LogP contribution in [0.25, 0.3) is 0 Å². The van der Waals surface area contributed by atoms with Crippen LogP contribution < -0.4 is 15.0 Å². The molecule has 2 amide bonds. The lowest BCUT2D eigenvalue weighted by Crippen LogP contribution is -2.31. The summed E-state index contributed by atoms with van der Waals surface area (Å²) in [5, 5.41) is 12.3. The molecule has 1 heterocycles. The van der Waals surface area contributed by atoms with Crippen LogP contribution in [0.15, 0.2) is 54.7 Å². The van der Waals surface area contributed by atoms with Gasteiger partial charge in [0.25, 0.3) is 0 Å². The molecule has 2 aromatic carbocycles. The normalized spacial score (nSPS) is 9.79. The Labute approximate surface area is 171 Å². The lowest BCUT2D eigenvalue weighted by atomic mass is 10.2. The first-order chi connectivity index (χ1) is 13.9. The minimum absolute atomic E-state index is 0.0761. The van der Waals surface area contributed by atoms with Gasteiger partial charge in [-0.2, -0.15) is 0 Å². The molecule has 0 radical (unpaired) electrons. The molecule has 7 nitrogen and oxygen atoms in total. The Balaban J connectivity index is 0.00000145. The first kappa shape index (κ1) is 21.8. The summed E-state index contributed by atoms with van der Waals surface area (Å²) in [4.78, 5) is 28.7. The van der Waals surface area contributed by atoms with Crippen molar-refractivity contribution < 1.29 is 23.8 Å². The van der Waals surface area contributed by atoms with Gasteiger partial charge in [0, 0.05) is 18.8 Å². The van der Waals surface area contributed by atoms with Crippen LogP contribution in [0.1, 0.15) is 24.2 Å². The fourth-order valence-electron chi connectivity index (χ4n) is 2.15. The molecule has 152 valence electrons. The average molecular weight is 417 g/mol. The third-order valence-electron chi connectivity index (χ3n) is 3.50. The standard InChI is InChI=1S/C18H14FN3O4S.C2H6/c1-22(13-6-2-4-11(8-13)16(23)24)18(25)21-17-20-10-15(27-17)26-14-7-3-5-12(19)9-14;1-2/h2-10H,1H3,(H,23,24)(H,20,21,25);1-2H3. The molecule has 0 aliphatic rings. The molecule has 0 saturated heterocycles. The Hall–Kier alpha value is -3.46. The molecular weight excluding hydrogens is 397 g/mol. The molecule has 0 atom stereocenters. The van der Waals surface area contributed by atoms with Crippen molar-refractivity contribution >= 4 is 34.2 Å². The van der Waals surface area contributed by atoms with Gasteiger partial charge >= 0.3 is 12.0 Å². The molecule has 9 heteroatoms. The highest BCUT2D eigenvalue weighted by molar-refractivity contribution is 7.17. The van der Waals surface area contributed by atoms with Gasteiger partial charge in [-0.15, -0.1) is 0 Å². The van der Waals surface area contributed by atoms with Gasteiger partial charge in [0.15, 0.2) is 5.13 Å². The third kappa shape index (κ3) is 6.01. The largest absolute Gasteiger partial charge is 0.478 e. The Morgan fingerprint density at radius 1 is 1.17 bits per heavy atom. The number of ether oxygens (including phenoxy) is 1. The number of anilines is 2. The summed E-state index contributed by atoms with van der Waals surface area (Å²) in [5.41, 5.74) is 0.493. The van der Waals surface area contributed by atoms with E-state index in [2.05, 4.69) is 10.3 Å². The van der Waals surface area contributed by atoms with E-state index in [-0.39, 0.29) is 10.7 Å². The van der Waals surface area contributed by atoms with Gasteiger partial charge in [0.2, 0.25) is 5.06 Å². The van der Waals surface area contributed by atoms with E-state index in [0.717, 1.165) is 11.3 Å². The highest BCUT2D eigenvalue weighted by atomic mass is 32.1. The molecule has 0 bridgehead atoms. The smallest absolute Gasteiger partial charge is 0.335 e. The number of urea groups is 1. The van der Waals surface area contributed by atoms with E-state index in [0.29, 0.717) is 16.5 Å². The molecule has 3 aromatic rings. The van der Waals surface area contributed by atoms with Crippen molar-refractivity contribution in [3.63, 3.8) is 0 Å². The zero-order valence-corrected chi connectivity index (χ0v) is 16.9. The zero-order valence-electron chi connectivity index (χ0n) is 16.0. The molecule has 0 spiro atoms. The molecule has 0 aliphatic carbocycles. The zero-order chi connectivity index (χ0) is 21.4. The quantitative estimate of drug-likeness (QED) is 0.575. The van der Waals surface area contributed by atoms with Crippen LogP contribution in [0.5, 0.6) is 10.8 Å². The van der Waals surface area contributed by atoms with E-state index in [1.54, 1.807) is 18.2 Å². The van der Waals surface area contributed by atoms with E-state index in [1.165, 1.54) is 48.5 Å². The van der Waals surface area contributed by atoms with Gasteiger partial charge in [0.05, 0.1) is 11.8 Å². The van der Waals surface area contributed by atoms with Crippen molar-refractivity contribution in [3.8, 4) is 10.8 Å². The highest BCUT2D eigenvalue weighted by Gasteiger charge is 2.15. The maximum Gasteiger partial charge on any atom is 0.335 e. The summed E-state index contributed by atoms with van der Waals surface area (Å²) < 4.78 is 18.7. The predicted molar refractivity (Wildman–Crippen MR) is 111 cm³/mol. The minimum atomic E-state index is -1.08. The van der Waals surface area contributed by atoms with E-state index < -0.39 is 17.8 Å². The number of nitrogens with zero attached hydrogens (tertiary/aromatic N) is 2. The summed E-state index contributed by atoms with van der Waals surface area (Å²) in [6, 6.07) is 11.2. The van der Waals surface area contributed by atoms with Crippen molar-refractivity contribution in [2.24, 2.45) is 0 Å². The second-order valence-corrected chi connectivity index (χ2v) is 6.38. The molecule has 0 unspecified atom stereocenters. The lowest BCUT2D eigenvalue weighted by molar-refractivity contribution is 0.0697. The second kappa shape index (κ2) is 10.2. The third-order valence-corrected chi connectivity index (χ3v) is 4.29. The molecule has 1 aromatic heterocycles. The number of hydrogen-bond acceptors (Lipinski definition) is 5. The Bertz CT molecular complexity index is 993. The summed E-state index contributed by atoms with van der Waals surface area (Å²) in [6.07, 6.45) is 1.41. The van der Waals surface area contributed by atoms with Gasteiger partial charge in [-0.05, 0) is 30.3 Å². The van der Waals surface area contributed by atoms with Crippen LogP contribution in [0.4, 0.5) is 20.0 Å². The molecular formula is C20H20FN3O4S. The van der Waals surface area contributed by atoms with Gasteiger partial charge in [-0.25, -0.2) is 19.0 Å². The van der Waals surface area contributed by atoms with Gasteiger partial charge in [0.1, 0.15) is 11.6 Å². The predicted octanol–water partition coefficient (Wildman–Crippen LogP) is 5.47. The molecule has 2 N–H and O–H groups in total. The maximum atomic E-state index is 13.2. The fourth-order valence-corrected chi connectivity index (χ4v) is 2.83. The number of aromatic nitrogens is 1. The van der Waals surface area contributed by atoms with Crippen LogP contribution in [0.2, 0.25) is 0 Å². The monoisotopic (exact) mass is 417 g/mol. The Morgan fingerprint density at radius 3 is 2.59 bits per heavy atom. The number of aromatic carboxylic acids is 1. The number of nitrogens with one attached hydrogen (secondary N) is 1. The first-order valence-corrected chi connectivity index (χ1v) is 9.51. The van der Waals surface area contributed by atoms with E-state index in [9.17, 15) is 14.0 Å². The molecule has 0 fully saturated rings. The topological polar surface area (TPSA) is 91.8 Å². The number of rotatable bonds is 5. The Kier molecular flexibility index (Phi) is 7.67. The first-order valence-electron chi connectivity index (χ1n) is 8.69. The summed E-state index contributed by atoms with van der Waals surface area (Å²) in [6.45, 7) is 4.00. The number of benzene rings is 2. The number of thiazole rings is 1. The van der Waals surface area contributed by atoms with Crippen molar-refractivity contribution in [1.29, 1.82) is 0 Å². The van der Waals surface area contributed by atoms with Crippen LogP contribution in [0.3, 0.4) is 0 Å². The van der Waals surface area contributed by atoms with Crippen LogP contribution in [-0.4, -0.2) is 29.1 Å². The van der Waals surface area contributed by atoms with Crippen molar-refractivity contribution in [3.05, 3.63) is 66.1 Å². The minimum Gasteiger partial charge on any atom is -0.478 e. The van der Waals surface area contributed by atoms with Gasteiger partial charge < -0.3 is 9.84 Å². The number of carboxylic acid groups (broad SMARTS) is 1.